The molecule has 0 unspecified atom stereocenters. The lowest BCUT2D eigenvalue weighted by Crippen LogP contribution is -2.08. The van der Waals surface area contributed by atoms with Crippen molar-refractivity contribution in [1.82, 2.24) is 10.4 Å². The molecular formula is C16H21N3. The second kappa shape index (κ2) is 6.88. The smallest absolute Gasteiger partial charge is 0.0598 e. The van der Waals surface area contributed by atoms with E-state index in [4.69, 9.17) is 0 Å². The van der Waals surface area contributed by atoms with Gasteiger partial charge in [-0.15, -0.1) is 0 Å². The van der Waals surface area contributed by atoms with Crippen molar-refractivity contribution in [3.05, 3.63) is 53.9 Å². The van der Waals surface area contributed by atoms with Crippen LogP contribution in [0.25, 0.3) is 0 Å². The molecule has 0 radical (unpaired) electrons. The summed E-state index contributed by atoms with van der Waals surface area (Å²) in [5, 5.41) is 4.26. The molecule has 1 aromatic rings. The van der Waals surface area contributed by atoms with Crippen molar-refractivity contribution in [2.45, 2.75) is 38.6 Å². The second-order valence-electron chi connectivity index (χ2n) is 4.75. The number of hydrazone groups is 1. The minimum absolute atomic E-state index is 0.675. The van der Waals surface area contributed by atoms with Crippen LogP contribution in [0.4, 0.5) is 0 Å². The van der Waals surface area contributed by atoms with Crippen LogP contribution >= 0.6 is 0 Å². The fourth-order valence-electron chi connectivity index (χ4n) is 1.99. The van der Waals surface area contributed by atoms with Gasteiger partial charge in [0.2, 0.25) is 0 Å². The van der Waals surface area contributed by atoms with E-state index in [0.717, 1.165) is 18.5 Å². The van der Waals surface area contributed by atoms with E-state index in [1.807, 2.05) is 24.6 Å². The van der Waals surface area contributed by atoms with E-state index in [0.29, 0.717) is 5.92 Å². The fraction of sp³-hybridized carbons (Fsp3) is 0.375. The summed E-state index contributed by atoms with van der Waals surface area (Å²) in [7, 11) is 0. The maximum Gasteiger partial charge on any atom is 0.0598 e. The summed E-state index contributed by atoms with van der Waals surface area (Å²) >= 11 is 0. The zero-order chi connectivity index (χ0) is 13.5. The van der Waals surface area contributed by atoms with Gasteiger partial charge in [-0.05, 0) is 36.5 Å². The highest BCUT2D eigenvalue weighted by molar-refractivity contribution is 5.78. The minimum atomic E-state index is 0.675. The molecule has 0 spiro atoms. The number of hydrogen-bond donors (Lipinski definition) is 1. The third-order valence-corrected chi connectivity index (χ3v) is 3.22. The zero-order valence-corrected chi connectivity index (χ0v) is 11.5. The van der Waals surface area contributed by atoms with E-state index in [1.54, 1.807) is 6.08 Å². The van der Waals surface area contributed by atoms with Crippen molar-refractivity contribution in [1.29, 1.82) is 0 Å². The Morgan fingerprint density at radius 1 is 1.58 bits per heavy atom. The molecule has 0 saturated heterocycles. The molecule has 0 bridgehead atoms. The van der Waals surface area contributed by atoms with Gasteiger partial charge in [-0.25, -0.2) is 0 Å². The van der Waals surface area contributed by atoms with Crippen molar-refractivity contribution >= 4 is 6.21 Å². The van der Waals surface area contributed by atoms with Crippen LogP contribution in [-0.4, -0.2) is 11.2 Å². The molecular weight excluding hydrogens is 234 g/mol. The maximum atomic E-state index is 4.48. The molecule has 1 aliphatic rings. The first kappa shape index (κ1) is 13.5. The van der Waals surface area contributed by atoms with Gasteiger partial charge in [-0.1, -0.05) is 31.7 Å². The van der Waals surface area contributed by atoms with E-state index in [-0.39, 0.29) is 0 Å². The number of pyridine rings is 1. The Labute approximate surface area is 115 Å². The van der Waals surface area contributed by atoms with Gasteiger partial charge < -0.3 is 5.43 Å². The minimum Gasteiger partial charge on any atom is -0.306 e. The van der Waals surface area contributed by atoms with E-state index < -0.39 is 0 Å². The van der Waals surface area contributed by atoms with Crippen LogP contribution in [0.5, 0.6) is 0 Å². The highest BCUT2D eigenvalue weighted by Crippen LogP contribution is 2.40. The van der Waals surface area contributed by atoms with Crippen molar-refractivity contribution in [2.24, 2.45) is 5.10 Å². The Bertz CT molecular complexity index is 485. The Kier molecular flexibility index (Phi) is 4.90. The van der Waals surface area contributed by atoms with Crippen molar-refractivity contribution in [2.75, 3.05) is 0 Å². The van der Waals surface area contributed by atoms with Crippen LogP contribution in [0.2, 0.25) is 0 Å². The first-order valence-corrected chi connectivity index (χ1v) is 6.86. The first-order chi connectivity index (χ1) is 9.35. The van der Waals surface area contributed by atoms with Crippen molar-refractivity contribution in [3.63, 3.8) is 0 Å². The molecule has 1 saturated carbocycles. The summed E-state index contributed by atoms with van der Waals surface area (Å²) in [4.78, 5) is 4.48. The van der Waals surface area contributed by atoms with Crippen LogP contribution in [-0.2, 0) is 6.54 Å². The van der Waals surface area contributed by atoms with Gasteiger partial charge in [-0.3, -0.25) is 4.98 Å². The van der Waals surface area contributed by atoms with Crippen LogP contribution in [0.15, 0.2) is 47.7 Å². The first-order valence-electron chi connectivity index (χ1n) is 6.86. The van der Waals surface area contributed by atoms with Gasteiger partial charge in [0.15, 0.2) is 0 Å². The number of nitrogens with zero attached hydrogens (tertiary/aromatic N) is 2. The van der Waals surface area contributed by atoms with Gasteiger partial charge in [0, 0.05) is 24.0 Å². The van der Waals surface area contributed by atoms with Crippen molar-refractivity contribution < 1.29 is 0 Å². The van der Waals surface area contributed by atoms with Crippen LogP contribution in [0, 0.1) is 0 Å². The Balaban J connectivity index is 1.90. The van der Waals surface area contributed by atoms with Crippen LogP contribution in [0.3, 0.4) is 0 Å². The molecule has 100 valence electrons. The lowest BCUT2D eigenvalue weighted by molar-refractivity contribution is 0.732. The molecule has 0 aromatic carbocycles. The predicted octanol–water partition coefficient (Wildman–Crippen LogP) is 3.56. The SMILES string of the molecule is C=C/C=C(/C=N\NCc1cccnc1C1CC1)CC. The van der Waals surface area contributed by atoms with Gasteiger partial charge in [-0.2, -0.15) is 5.10 Å². The number of hydrogen-bond acceptors (Lipinski definition) is 3. The largest absolute Gasteiger partial charge is 0.306 e. The van der Waals surface area contributed by atoms with Gasteiger partial charge in [0.05, 0.1) is 6.54 Å². The maximum absolute atomic E-state index is 4.48. The zero-order valence-electron chi connectivity index (χ0n) is 11.5. The van der Waals surface area contributed by atoms with Crippen molar-refractivity contribution in [3.8, 4) is 0 Å². The summed E-state index contributed by atoms with van der Waals surface area (Å²) in [5.74, 6) is 0.675. The summed E-state index contributed by atoms with van der Waals surface area (Å²) < 4.78 is 0. The standard InChI is InChI=1S/C16H21N3/c1-3-6-13(4-2)11-18-19-12-15-7-5-10-17-16(15)14-8-9-14/h3,5-7,10-11,14,19H,1,4,8-9,12H2,2H3/b13-6+,18-11-. The molecule has 2 rings (SSSR count). The molecule has 1 aliphatic carbocycles. The topological polar surface area (TPSA) is 37.3 Å². The summed E-state index contributed by atoms with van der Waals surface area (Å²) in [6, 6.07) is 4.12. The molecule has 1 N–H and O–H groups in total. The van der Waals surface area contributed by atoms with E-state index in [1.165, 1.54) is 24.1 Å². The van der Waals surface area contributed by atoms with Gasteiger partial charge >= 0.3 is 0 Å². The molecule has 3 heteroatoms. The lowest BCUT2D eigenvalue weighted by Gasteiger charge is -2.06. The molecule has 0 atom stereocenters. The number of aromatic nitrogens is 1. The van der Waals surface area contributed by atoms with E-state index in [2.05, 4.69) is 35.1 Å². The highest BCUT2D eigenvalue weighted by Gasteiger charge is 2.26. The Morgan fingerprint density at radius 3 is 3.11 bits per heavy atom. The third kappa shape index (κ3) is 4.05. The highest BCUT2D eigenvalue weighted by atomic mass is 15.3. The number of nitrogens with one attached hydrogen (secondary N) is 1. The fourth-order valence-corrected chi connectivity index (χ4v) is 1.99. The molecule has 0 aliphatic heterocycles. The predicted molar refractivity (Wildman–Crippen MR) is 80.1 cm³/mol. The lowest BCUT2D eigenvalue weighted by atomic mass is 10.1. The van der Waals surface area contributed by atoms with Gasteiger partial charge in [0.1, 0.15) is 0 Å². The quantitative estimate of drug-likeness (QED) is 0.459. The number of allylic oxidation sites excluding steroid dienone is 3. The van der Waals surface area contributed by atoms with Crippen LogP contribution in [0.1, 0.15) is 43.4 Å². The third-order valence-electron chi connectivity index (χ3n) is 3.22. The average Bonchev–Trinajstić information content (AvgIpc) is 3.27. The molecule has 0 amide bonds. The summed E-state index contributed by atoms with van der Waals surface area (Å²) in [6.45, 7) is 6.54. The second-order valence-corrected chi connectivity index (χ2v) is 4.75. The van der Waals surface area contributed by atoms with E-state index >= 15 is 0 Å². The number of rotatable bonds is 7. The summed E-state index contributed by atoms with van der Waals surface area (Å²) in [5.41, 5.74) is 6.76. The molecule has 19 heavy (non-hydrogen) atoms. The van der Waals surface area contributed by atoms with Gasteiger partial charge in [0.25, 0.3) is 0 Å². The molecule has 1 fully saturated rings. The summed E-state index contributed by atoms with van der Waals surface area (Å²) in [6.07, 6.45) is 11.0. The van der Waals surface area contributed by atoms with E-state index in [9.17, 15) is 0 Å². The Morgan fingerprint density at radius 2 is 2.42 bits per heavy atom. The monoisotopic (exact) mass is 255 g/mol. The molecule has 3 nitrogen and oxygen atoms in total. The van der Waals surface area contributed by atoms with Crippen LogP contribution < -0.4 is 5.43 Å². The Hall–Kier alpha value is -1.90. The normalized spacial score (nSPS) is 15.7. The molecule has 1 heterocycles. The molecule has 1 aromatic heterocycles. The average molecular weight is 255 g/mol.